The molecular formula is C16H24O3. The van der Waals surface area contributed by atoms with Crippen LogP contribution < -0.4 is 0 Å². The van der Waals surface area contributed by atoms with Gasteiger partial charge >= 0.3 is 5.97 Å². The Labute approximate surface area is 115 Å². The maximum atomic E-state index is 11.7. The van der Waals surface area contributed by atoms with E-state index in [1.165, 1.54) is 12.8 Å². The highest BCUT2D eigenvalue weighted by molar-refractivity contribution is 5.87. The Bertz CT molecular complexity index is 389. The lowest BCUT2D eigenvalue weighted by atomic mass is 9.64. The molecule has 3 heteroatoms. The second-order valence-corrected chi connectivity index (χ2v) is 6.70. The molecule has 0 bridgehead atoms. The second kappa shape index (κ2) is 4.93. The van der Waals surface area contributed by atoms with Crippen molar-refractivity contribution in [3.05, 3.63) is 12.2 Å². The smallest absolute Gasteiger partial charge is 0.333 e. The van der Waals surface area contributed by atoms with Crippen LogP contribution in [0.4, 0.5) is 0 Å². The predicted molar refractivity (Wildman–Crippen MR) is 72.4 cm³/mol. The summed E-state index contributed by atoms with van der Waals surface area (Å²) in [6.07, 6.45) is 6.46. The van der Waals surface area contributed by atoms with Crippen molar-refractivity contribution in [2.24, 2.45) is 23.7 Å². The van der Waals surface area contributed by atoms with Crippen LogP contribution in [-0.4, -0.2) is 23.3 Å². The van der Waals surface area contributed by atoms with E-state index >= 15 is 0 Å². The van der Waals surface area contributed by atoms with Crippen molar-refractivity contribution in [3.63, 3.8) is 0 Å². The number of rotatable bonds is 2. The van der Waals surface area contributed by atoms with Crippen molar-refractivity contribution in [1.29, 1.82) is 0 Å². The van der Waals surface area contributed by atoms with Crippen LogP contribution in [0.1, 0.15) is 45.4 Å². The molecule has 0 saturated heterocycles. The Morgan fingerprint density at radius 3 is 2.74 bits per heavy atom. The van der Waals surface area contributed by atoms with Crippen molar-refractivity contribution in [2.45, 2.75) is 57.7 Å². The third-order valence-corrected chi connectivity index (χ3v) is 5.56. The third-order valence-electron chi connectivity index (χ3n) is 5.56. The summed E-state index contributed by atoms with van der Waals surface area (Å²) in [7, 11) is 0. The molecule has 0 radical (unpaired) electrons. The zero-order chi connectivity index (χ0) is 13.6. The first kappa shape index (κ1) is 13.2. The summed E-state index contributed by atoms with van der Waals surface area (Å²) >= 11 is 0. The van der Waals surface area contributed by atoms with E-state index in [0.717, 1.165) is 31.6 Å². The van der Waals surface area contributed by atoms with Crippen LogP contribution in [0, 0.1) is 23.7 Å². The van der Waals surface area contributed by atoms with E-state index in [-0.39, 0.29) is 18.2 Å². The van der Waals surface area contributed by atoms with Gasteiger partial charge < -0.3 is 9.84 Å². The van der Waals surface area contributed by atoms with E-state index in [9.17, 15) is 9.90 Å². The topological polar surface area (TPSA) is 46.5 Å². The van der Waals surface area contributed by atoms with Gasteiger partial charge in [-0.25, -0.2) is 4.79 Å². The Hall–Kier alpha value is -0.830. The van der Waals surface area contributed by atoms with Crippen LogP contribution in [0.25, 0.3) is 0 Å². The van der Waals surface area contributed by atoms with E-state index < -0.39 is 0 Å². The summed E-state index contributed by atoms with van der Waals surface area (Å²) in [6, 6.07) is 0. The van der Waals surface area contributed by atoms with Gasteiger partial charge in [0, 0.05) is 11.5 Å². The lowest BCUT2D eigenvalue weighted by molar-refractivity contribution is -0.152. The fourth-order valence-corrected chi connectivity index (χ4v) is 4.79. The van der Waals surface area contributed by atoms with Crippen LogP contribution >= 0.6 is 0 Å². The molecule has 3 fully saturated rings. The summed E-state index contributed by atoms with van der Waals surface area (Å²) in [5.41, 5.74) is 0.473. The predicted octanol–water partition coefficient (Wildman–Crippen LogP) is 2.68. The zero-order valence-corrected chi connectivity index (χ0v) is 11.7. The number of carbonyl (C=O) groups is 1. The van der Waals surface area contributed by atoms with Crippen molar-refractivity contribution in [3.8, 4) is 0 Å². The van der Waals surface area contributed by atoms with E-state index in [0.29, 0.717) is 23.3 Å². The van der Waals surface area contributed by atoms with Gasteiger partial charge in [0.2, 0.25) is 0 Å². The molecule has 0 amide bonds. The maximum absolute atomic E-state index is 11.7. The summed E-state index contributed by atoms with van der Waals surface area (Å²) in [6.45, 7) is 5.35. The van der Waals surface area contributed by atoms with Crippen LogP contribution in [-0.2, 0) is 9.53 Å². The molecule has 6 atom stereocenters. The van der Waals surface area contributed by atoms with Crippen LogP contribution in [0.2, 0.25) is 0 Å². The van der Waals surface area contributed by atoms with E-state index in [4.69, 9.17) is 4.74 Å². The molecule has 3 aliphatic rings. The Kier molecular flexibility index (Phi) is 3.42. The fourth-order valence-electron chi connectivity index (χ4n) is 4.79. The largest absolute Gasteiger partial charge is 0.459 e. The lowest BCUT2D eigenvalue weighted by Crippen LogP contribution is -2.41. The molecule has 0 heterocycles. The van der Waals surface area contributed by atoms with Gasteiger partial charge in [0.25, 0.3) is 0 Å². The maximum Gasteiger partial charge on any atom is 0.333 e. The Morgan fingerprint density at radius 2 is 2.00 bits per heavy atom. The third kappa shape index (κ3) is 2.22. The number of ether oxygens (including phenoxy) is 1. The monoisotopic (exact) mass is 264 g/mol. The van der Waals surface area contributed by atoms with Crippen molar-refractivity contribution < 1.29 is 14.6 Å². The van der Waals surface area contributed by atoms with Gasteiger partial charge in [-0.1, -0.05) is 19.4 Å². The van der Waals surface area contributed by atoms with Crippen molar-refractivity contribution in [2.75, 3.05) is 0 Å². The number of carbonyl (C=O) groups excluding carboxylic acids is 1. The van der Waals surface area contributed by atoms with Crippen LogP contribution in [0.3, 0.4) is 0 Å². The molecule has 3 rings (SSSR count). The average Bonchev–Trinajstić information content (AvgIpc) is 2.72. The molecule has 0 aromatic heterocycles. The number of hydrogen-bond acceptors (Lipinski definition) is 3. The van der Waals surface area contributed by atoms with Gasteiger partial charge in [0.05, 0.1) is 6.10 Å². The normalized spacial score (nSPS) is 44.5. The number of hydrogen-bond donors (Lipinski definition) is 1. The zero-order valence-electron chi connectivity index (χ0n) is 11.7. The van der Waals surface area contributed by atoms with E-state index in [1.54, 1.807) is 6.92 Å². The first-order chi connectivity index (χ1) is 9.08. The molecular weight excluding hydrogens is 240 g/mol. The van der Waals surface area contributed by atoms with Gasteiger partial charge in [-0.2, -0.15) is 0 Å². The first-order valence-electron chi connectivity index (χ1n) is 7.62. The SMILES string of the molecule is C=C(C)C(=O)O[C@@H]1CCC2CCCC3C(O)CC1C23. The van der Waals surface area contributed by atoms with Crippen molar-refractivity contribution in [1.82, 2.24) is 0 Å². The first-order valence-corrected chi connectivity index (χ1v) is 7.62. The van der Waals surface area contributed by atoms with Gasteiger partial charge in [-0.15, -0.1) is 0 Å². The summed E-state index contributed by atoms with van der Waals surface area (Å²) in [5.74, 6) is 1.90. The fraction of sp³-hybridized carbons (Fsp3) is 0.812. The summed E-state index contributed by atoms with van der Waals surface area (Å²) in [5, 5.41) is 10.3. The molecule has 3 nitrogen and oxygen atoms in total. The molecule has 0 aliphatic heterocycles. The molecule has 0 spiro atoms. The van der Waals surface area contributed by atoms with Crippen LogP contribution in [0.15, 0.2) is 12.2 Å². The highest BCUT2D eigenvalue weighted by atomic mass is 16.5. The number of aliphatic hydroxyl groups is 1. The van der Waals surface area contributed by atoms with E-state index in [1.807, 2.05) is 0 Å². The Morgan fingerprint density at radius 1 is 1.21 bits per heavy atom. The highest BCUT2D eigenvalue weighted by Gasteiger charge is 2.53. The lowest BCUT2D eigenvalue weighted by Gasteiger charge is -2.44. The number of aliphatic hydroxyl groups excluding tert-OH is 1. The van der Waals surface area contributed by atoms with Gasteiger partial charge in [-0.05, 0) is 50.4 Å². The van der Waals surface area contributed by atoms with Gasteiger partial charge in [0.15, 0.2) is 0 Å². The van der Waals surface area contributed by atoms with Crippen LogP contribution in [0.5, 0.6) is 0 Å². The minimum Gasteiger partial charge on any atom is -0.459 e. The standard InChI is InChI=1S/C16H24O3/c1-9(2)16(18)19-14-7-6-10-4-3-5-11-13(17)8-12(14)15(10)11/h10-15,17H,1,3-8H2,2H3/t10?,11?,12?,13?,14-,15?/m1/s1. The average molecular weight is 264 g/mol. The quantitative estimate of drug-likeness (QED) is 0.616. The molecule has 106 valence electrons. The minimum absolute atomic E-state index is 0.00296. The van der Waals surface area contributed by atoms with Gasteiger partial charge in [-0.3, -0.25) is 0 Å². The molecule has 3 aliphatic carbocycles. The molecule has 0 aromatic rings. The molecule has 19 heavy (non-hydrogen) atoms. The summed E-state index contributed by atoms with van der Waals surface area (Å²) < 4.78 is 5.63. The molecule has 0 aromatic carbocycles. The highest BCUT2D eigenvalue weighted by Crippen LogP contribution is 2.55. The van der Waals surface area contributed by atoms with Gasteiger partial charge in [0.1, 0.15) is 6.10 Å². The summed E-state index contributed by atoms with van der Waals surface area (Å²) in [4.78, 5) is 11.7. The molecule has 1 N–H and O–H groups in total. The van der Waals surface area contributed by atoms with Crippen molar-refractivity contribution >= 4 is 5.97 Å². The Balaban J connectivity index is 1.75. The van der Waals surface area contributed by atoms with E-state index in [2.05, 4.69) is 6.58 Å². The minimum atomic E-state index is -0.266. The number of esters is 1. The molecule has 5 unspecified atom stereocenters. The second-order valence-electron chi connectivity index (χ2n) is 6.70. The molecule has 3 saturated carbocycles.